The number of hydrogen-bond acceptors (Lipinski definition) is 2. The van der Waals surface area contributed by atoms with E-state index < -0.39 is 0 Å². The van der Waals surface area contributed by atoms with Crippen LogP contribution in [0, 0.1) is 0 Å². The monoisotopic (exact) mass is 336 g/mol. The Kier molecular flexibility index (Phi) is 5.02. The van der Waals surface area contributed by atoms with Crippen molar-refractivity contribution < 1.29 is 4.79 Å². The molecule has 1 heterocycles. The van der Waals surface area contributed by atoms with Gasteiger partial charge in [0, 0.05) is 30.7 Å². The van der Waals surface area contributed by atoms with Crippen LogP contribution < -0.4 is 5.32 Å². The molecule has 1 aliphatic heterocycles. The molecule has 1 atom stereocenters. The summed E-state index contributed by atoms with van der Waals surface area (Å²) in [5.41, 5.74) is 0.770. The highest BCUT2D eigenvalue weighted by Crippen LogP contribution is 2.25. The highest BCUT2D eigenvalue weighted by Gasteiger charge is 2.29. The molecule has 3 heteroatoms. The lowest BCUT2D eigenvalue weighted by atomic mass is 10.1. The summed E-state index contributed by atoms with van der Waals surface area (Å²) >= 11 is 0. The number of carbonyl (C=O) groups excluding carboxylic acids is 1. The van der Waals surface area contributed by atoms with Gasteiger partial charge in [0.1, 0.15) is 0 Å². The normalized spacial score (nSPS) is 22.8. The van der Waals surface area contributed by atoms with Gasteiger partial charge < -0.3 is 5.32 Å². The van der Waals surface area contributed by atoms with E-state index in [0.29, 0.717) is 6.04 Å². The number of benzene rings is 2. The van der Waals surface area contributed by atoms with E-state index in [1.807, 2.05) is 30.3 Å². The number of nitrogens with one attached hydrogen (secondary N) is 1. The summed E-state index contributed by atoms with van der Waals surface area (Å²) in [6, 6.07) is 15.2. The Labute approximate surface area is 150 Å². The van der Waals surface area contributed by atoms with Gasteiger partial charge in [0.25, 0.3) is 5.91 Å². The second-order valence-electron chi connectivity index (χ2n) is 7.66. The molecule has 0 aromatic heterocycles. The molecule has 0 bridgehead atoms. The standard InChI is InChI=1S/C22H28N2O/c25-22(19-12-11-17-7-5-6-8-18(17)15-19)23-20-13-14-24(16-20)21-9-3-1-2-4-10-21/h5-8,11-12,15,20-21H,1-4,9-10,13-14,16H2,(H,23,25). The molecule has 1 saturated heterocycles. The van der Waals surface area contributed by atoms with E-state index >= 15 is 0 Å². The molecule has 2 aliphatic rings. The van der Waals surface area contributed by atoms with E-state index in [-0.39, 0.29) is 5.91 Å². The smallest absolute Gasteiger partial charge is 0.251 e. The maximum atomic E-state index is 12.7. The molecule has 1 saturated carbocycles. The number of hydrogen-bond donors (Lipinski definition) is 1. The zero-order chi connectivity index (χ0) is 17.1. The minimum Gasteiger partial charge on any atom is -0.348 e. The second-order valence-corrected chi connectivity index (χ2v) is 7.66. The summed E-state index contributed by atoms with van der Waals surface area (Å²) in [6.07, 6.45) is 9.29. The number of carbonyl (C=O) groups is 1. The minimum absolute atomic E-state index is 0.0680. The van der Waals surface area contributed by atoms with Crippen LogP contribution >= 0.6 is 0 Å². The molecule has 1 amide bonds. The molecule has 1 unspecified atom stereocenters. The van der Waals surface area contributed by atoms with Gasteiger partial charge in [-0.1, -0.05) is 56.0 Å². The topological polar surface area (TPSA) is 32.3 Å². The third-order valence-electron chi connectivity index (χ3n) is 5.91. The first-order valence-electron chi connectivity index (χ1n) is 9.83. The van der Waals surface area contributed by atoms with Gasteiger partial charge in [-0.3, -0.25) is 9.69 Å². The quantitative estimate of drug-likeness (QED) is 0.844. The zero-order valence-electron chi connectivity index (χ0n) is 14.9. The molecule has 2 aromatic rings. The number of rotatable bonds is 3. The van der Waals surface area contributed by atoms with Gasteiger partial charge in [0.05, 0.1) is 0 Å². The van der Waals surface area contributed by atoms with Crippen LogP contribution in [-0.2, 0) is 0 Å². The van der Waals surface area contributed by atoms with Crippen LogP contribution in [0.5, 0.6) is 0 Å². The molecule has 3 nitrogen and oxygen atoms in total. The molecule has 2 aromatic carbocycles. The predicted molar refractivity (Wildman–Crippen MR) is 103 cm³/mol. The van der Waals surface area contributed by atoms with Crippen molar-refractivity contribution in [3.05, 3.63) is 48.0 Å². The molecule has 1 N–H and O–H groups in total. The molecular weight excluding hydrogens is 308 g/mol. The molecule has 1 aliphatic carbocycles. The van der Waals surface area contributed by atoms with E-state index in [1.165, 1.54) is 43.9 Å². The first kappa shape index (κ1) is 16.6. The summed E-state index contributed by atoms with van der Waals surface area (Å²) in [6.45, 7) is 2.15. The number of nitrogens with zero attached hydrogens (tertiary/aromatic N) is 1. The van der Waals surface area contributed by atoms with Gasteiger partial charge in [-0.25, -0.2) is 0 Å². The van der Waals surface area contributed by atoms with Crippen LogP contribution in [0.4, 0.5) is 0 Å². The Morgan fingerprint density at radius 3 is 2.48 bits per heavy atom. The molecule has 0 radical (unpaired) electrons. The summed E-state index contributed by atoms with van der Waals surface area (Å²) in [5.74, 6) is 0.0680. The molecule has 25 heavy (non-hydrogen) atoms. The van der Waals surface area contributed by atoms with Crippen LogP contribution in [0.3, 0.4) is 0 Å². The highest BCUT2D eigenvalue weighted by atomic mass is 16.1. The average molecular weight is 336 g/mol. The van der Waals surface area contributed by atoms with Gasteiger partial charge in [0.15, 0.2) is 0 Å². The zero-order valence-corrected chi connectivity index (χ0v) is 14.9. The van der Waals surface area contributed by atoms with Crippen molar-refractivity contribution in [1.29, 1.82) is 0 Å². The number of fused-ring (bicyclic) bond motifs is 1. The fourth-order valence-corrected chi connectivity index (χ4v) is 4.46. The number of amides is 1. The van der Waals surface area contributed by atoms with E-state index in [4.69, 9.17) is 0 Å². The lowest BCUT2D eigenvalue weighted by Gasteiger charge is -2.26. The van der Waals surface area contributed by atoms with Gasteiger partial charge >= 0.3 is 0 Å². The molecule has 0 spiro atoms. The molecule has 2 fully saturated rings. The maximum Gasteiger partial charge on any atom is 0.251 e. The number of likely N-dealkylation sites (tertiary alicyclic amines) is 1. The van der Waals surface area contributed by atoms with Crippen molar-refractivity contribution >= 4 is 16.7 Å². The van der Waals surface area contributed by atoms with Crippen molar-refractivity contribution in [2.24, 2.45) is 0 Å². The minimum atomic E-state index is 0.0680. The van der Waals surface area contributed by atoms with Gasteiger partial charge in [-0.15, -0.1) is 0 Å². The Morgan fingerprint density at radius 2 is 1.68 bits per heavy atom. The summed E-state index contributed by atoms with van der Waals surface area (Å²) in [4.78, 5) is 15.3. The van der Waals surface area contributed by atoms with Crippen LogP contribution in [-0.4, -0.2) is 36.0 Å². The fourth-order valence-electron chi connectivity index (χ4n) is 4.46. The van der Waals surface area contributed by atoms with Gasteiger partial charge in [0.2, 0.25) is 0 Å². The Bertz CT molecular complexity index is 734. The fraction of sp³-hybridized carbons (Fsp3) is 0.500. The van der Waals surface area contributed by atoms with Crippen molar-refractivity contribution in [2.45, 2.75) is 57.0 Å². The van der Waals surface area contributed by atoms with Crippen molar-refractivity contribution in [2.75, 3.05) is 13.1 Å². The largest absolute Gasteiger partial charge is 0.348 e. The summed E-state index contributed by atoms with van der Waals surface area (Å²) in [7, 11) is 0. The third-order valence-corrected chi connectivity index (χ3v) is 5.91. The SMILES string of the molecule is O=C(NC1CCN(C2CCCCCC2)C1)c1ccc2ccccc2c1. The van der Waals surface area contributed by atoms with Gasteiger partial charge in [-0.2, -0.15) is 0 Å². The molecule has 4 rings (SSSR count). The first-order chi connectivity index (χ1) is 12.3. The van der Waals surface area contributed by atoms with Crippen LogP contribution in [0.1, 0.15) is 55.3 Å². The predicted octanol–water partition coefficient (Wildman–Crippen LogP) is 4.37. The Hall–Kier alpha value is -1.87. The van der Waals surface area contributed by atoms with E-state index in [9.17, 15) is 4.79 Å². The van der Waals surface area contributed by atoms with Crippen molar-refractivity contribution in [1.82, 2.24) is 10.2 Å². The summed E-state index contributed by atoms with van der Waals surface area (Å²) < 4.78 is 0. The molecular formula is C22H28N2O. The van der Waals surface area contributed by atoms with E-state index in [2.05, 4.69) is 22.3 Å². The lowest BCUT2D eigenvalue weighted by molar-refractivity contribution is 0.0935. The van der Waals surface area contributed by atoms with E-state index in [0.717, 1.165) is 36.5 Å². The van der Waals surface area contributed by atoms with Crippen LogP contribution in [0.25, 0.3) is 10.8 Å². The molecule has 132 valence electrons. The lowest BCUT2D eigenvalue weighted by Crippen LogP contribution is -2.39. The van der Waals surface area contributed by atoms with Crippen LogP contribution in [0.15, 0.2) is 42.5 Å². The maximum absolute atomic E-state index is 12.7. The second kappa shape index (κ2) is 7.57. The first-order valence-corrected chi connectivity index (χ1v) is 9.83. The van der Waals surface area contributed by atoms with Gasteiger partial charge in [-0.05, 0) is 42.2 Å². The van der Waals surface area contributed by atoms with Crippen molar-refractivity contribution in [3.8, 4) is 0 Å². The van der Waals surface area contributed by atoms with E-state index in [1.54, 1.807) is 0 Å². The average Bonchev–Trinajstić information content (AvgIpc) is 2.93. The Morgan fingerprint density at radius 1 is 0.920 bits per heavy atom. The highest BCUT2D eigenvalue weighted by molar-refractivity contribution is 5.98. The summed E-state index contributed by atoms with van der Waals surface area (Å²) in [5, 5.41) is 5.57. The Balaban J connectivity index is 1.37. The van der Waals surface area contributed by atoms with Crippen LogP contribution in [0.2, 0.25) is 0 Å². The van der Waals surface area contributed by atoms with Crippen molar-refractivity contribution in [3.63, 3.8) is 0 Å². The third kappa shape index (κ3) is 3.87.